The van der Waals surface area contributed by atoms with Crippen LogP contribution >= 0.6 is 11.6 Å². The van der Waals surface area contributed by atoms with Crippen molar-refractivity contribution < 1.29 is 37.0 Å². The van der Waals surface area contributed by atoms with Crippen molar-refractivity contribution in [3.8, 4) is 0 Å². The smallest absolute Gasteiger partial charge is 0.405 e. The van der Waals surface area contributed by atoms with Gasteiger partial charge in [-0.15, -0.1) is 17.4 Å². The number of aromatic nitrogens is 16. The van der Waals surface area contributed by atoms with E-state index in [1.165, 1.54) is 72.7 Å². The summed E-state index contributed by atoms with van der Waals surface area (Å²) in [7, 11) is 0. The number of amides is 1. The van der Waals surface area contributed by atoms with Crippen molar-refractivity contribution in [2.45, 2.75) is 186 Å². The first-order valence-corrected chi connectivity index (χ1v) is 33.3. The van der Waals surface area contributed by atoms with Gasteiger partial charge in [0.25, 0.3) is 20.1 Å². The van der Waals surface area contributed by atoms with Gasteiger partial charge in [0.2, 0.25) is 17.5 Å². The van der Waals surface area contributed by atoms with Crippen LogP contribution in [0.1, 0.15) is 160 Å². The Hall–Kier alpha value is -7.31. The number of hydrogen-bond acceptors (Lipinski definition) is 18. The molecule has 4 aliphatic rings. The number of halogens is 4. The number of imidazole rings is 5. The number of rotatable bonds is 15. The highest BCUT2D eigenvalue weighted by molar-refractivity contribution is 6.54. The first-order valence-electron chi connectivity index (χ1n) is 29.5. The lowest BCUT2D eigenvalue weighted by molar-refractivity contribution is -0.123. The molecule has 2 fully saturated rings. The van der Waals surface area contributed by atoms with Crippen LogP contribution < -0.4 is 16.0 Å². The Labute approximate surface area is 500 Å². The molecule has 2 atom stereocenters. The third kappa shape index (κ3) is 15.4. The van der Waals surface area contributed by atoms with E-state index in [0.717, 1.165) is 44.2 Å². The molecule has 2 unspecified atom stereocenters. The lowest BCUT2D eigenvalue weighted by atomic mass is 9.95. The first kappa shape index (κ1) is 63.7. The van der Waals surface area contributed by atoms with Gasteiger partial charge < -0.3 is 48.3 Å². The van der Waals surface area contributed by atoms with E-state index in [1.807, 2.05) is 31.8 Å². The van der Waals surface area contributed by atoms with E-state index in [4.69, 9.17) is 21.1 Å². The molecule has 8 aromatic rings. The van der Waals surface area contributed by atoms with Crippen LogP contribution in [0.15, 0.2) is 31.6 Å². The topological polar surface area (TPSA) is 272 Å². The summed E-state index contributed by atoms with van der Waals surface area (Å²) in [6.45, 7) is 14.0. The number of hydrogen-bond donors (Lipinski definition) is 3. The quantitative estimate of drug-likeness (QED) is 0.0489. The summed E-state index contributed by atoms with van der Waals surface area (Å²) < 4.78 is 57.2. The highest BCUT2D eigenvalue weighted by Gasteiger charge is 2.34. The average molecular weight is 1210 g/mol. The Morgan fingerprint density at radius 2 is 0.976 bits per heavy atom. The third-order valence-electron chi connectivity index (χ3n) is 13.9. The number of aryl methyl sites for hydroxylation is 5. The second-order valence-corrected chi connectivity index (χ2v) is 25.4. The zero-order valence-corrected chi connectivity index (χ0v) is 51.9. The van der Waals surface area contributed by atoms with E-state index in [2.05, 4.69) is 106 Å². The second-order valence-electron chi connectivity index (χ2n) is 21.6. The predicted octanol–water partition coefficient (Wildman–Crippen LogP) is 9.63. The normalized spacial score (nSPS) is 16.0. The zero-order valence-electron chi connectivity index (χ0n) is 50.0. The molecule has 12 rings (SSSR count). The monoisotopic (exact) mass is 1210 g/mol. The number of carbonyl (C=O) groups excluding carboxylic acids is 3. The van der Waals surface area contributed by atoms with E-state index < -0.39 is 30.6 Å². The Bertz CT molecular complexity index is 3590. The van der Waals surface area contributed by atoms with Gasteiger partial charge in [-0.3, -0.25) is 4.79 Å². The average Bonchev–Trinajstić information content (AvgIpc) is 3.37. The van der Waals surface area contributed by atoms with E-state index in [0.29, 0.717) is 90.1 Å². The molecular formula is C56H76AlClF3N19O5. The van der Waals surface area contributed by atoms with Crippen LogP contribution in [0.3, 0.4) is 0 Å². The molecule has 2 saturated carbocycles. The highest BCUT2D eigenvalue weighted by atomic mass is 35.5. The maximum absolute atomic E-state index is 12.5. The molecular weight excluding hydrogens is 1140 g/mol. The van der Waals surface area contributed by atoms with Gasteiger partial charge in [-0.1, -0.05) is 31.9 Å². The van der Waals surface area contributed by atoms with Gasteiger partial charge in [0.1, 0.15) is 31.0 Å². The molecule has 0 aromatic carbocycles. The van der Waals surface area contributed by atoms with Crippen molar-refractivity contribution >= 4 is 88.7 Å². The number of anilines is 2. The lowest BCUT2D eigenvalue weighted by Crippen LogP contribution is -2.35. The summed E-state index contributed by atoms with van der Waals surface area (Å²) in [5.41, 5.74) is 7.93. The number of esters is 2. The number of fused-ring (bicyclic) bond motifs is 5. The molecule has 0 spiro atoms. The van der Waals surface area contributed by atoms with E-state index in [1.54, 1.807) is 29.9 Å². The summed E-state index contributed by atoms with van der Waals surface area (Å²) in [6.07, 6.45) is 15.2. The number of ether oxygens (including phenoxy) is 2. The predicted molar refractivity (Wildman–Crippen MR) is 317 cm³/mol. The minimum absolute atomic E-state index is 0.101. The molecule has 85 heavy (non-hydrogen) atoms. The molecule has 0 radical (unpaired) electrons. The molecule has 8 heterocycles. The van der Waals surface area contributed by atoms with Gasteiger partial charge in [0.15, 0.2) is 44.8 Å². The number of alkyl halides is 3. The summed E-state index contributed by atoms with van der Waals surface area (Å²) in [5, 5.41) is 9.09. The van der Waals surface area contributed by atoms with Crippen molar-refractivity contribution in [2.24, 2.45) is 0 Å². The van der Waals surface area contributed by atoms with Crippen molar-refractivity contribution in [3.05, 3.63) is 77.0 Å². The molecule has 456 valence electrons. The molecule has 24 nitrogen and oxygen atoms in total. The summed E-state index contributed by atoms with van der Waals surface area (Å²) in [6, 6.07) is 1.52. The molecule has 3 N–H and O–H groups in total. The van der Waals surface area contributed by atoms with Crippen LogP contribution in [-0.2, 0) is 54.8 Å². The van der Waals surface area contributed by atoms with Crippen molar-refractivity contribution in [2.75, 3.05) is 30.4 Å². The largest absolute Gasteiger partial charge is 0.460 e. The van der Waals surface area contributed by atoms with Crippen LogP contribution in [0, 0.1) is 0 Å². The van der Waals surface area contributed by atoms with Crippen molar-refractivity contribution in [1.29, 1.82) is 0 Å². The molecule has 29 heteroatoms. The summed E-state index contributed by atoms with van der Waals surface area (Å²) in [4.78, 5) is 83.8. The molecule has 0 bridgehead atoms. The standard InChI is InChI=1S/C20H23F3N8O.C20H25N7O2.C10H11ClN4O2.C3H8.3CH3.Al/c1-2-30-17-15(29-18(30)19(32)24-8-20(21,22)23)16(25-9-26-17)28-11-3-6-13-14(7-11)31(10-27-13)12-4-5-12;1-3-26-18-16(25-19(26)20(28)29-4-2)17(21-10-22-18)24-12-5-8-14-15(9-12)27(11-23-14)13-6-7-13;1-3-15-8-6(7(11)12-5-13-8)14-9(15)10(16)17-4-2;1-3-2;;;;/h9-12H,2-8H2,1H3,(H,24,32)(H,25,26,28);10-13H,3-9H2,1-2H3,(H,21,22,24);5H,3-4H2,1-2H3;3H2,1-2H3;3*1H3;. The van der Waals surface area contributed by atoms with Crippen LogP contribution in [-0.4, -0.2) is 148 Å². The van der Waals surface area contributed by atoms with Crippen LogP contribution in [0.25, 0.3) is 33.5 Å². The number of nitrogens with zero attached hydrogens (tertiary/aromatic N) is 16. The van der Waals surface area contributed by atoms with Crippen molar-refractivity contribution in [1.82, 2.24) is 83.0 Å². The number of nitrogens with one attached hydrogen (secondary N) is 3. The SMILES string of the molecule is CCC.CCOC(=O)c1nc2c(Cl)ncnc2n1CC.CCOC(=O)c1nc2c(NC3CCc4ncn(C5CC5)c4C3)ncnc2n1CC.CCn1c(C(=O)NCC(F)(F)F)nc2c(NC3CCc4ncn(C5CC5)c4C3)ncnc21.[CH3][Al]([CH3])[CH3]. The van der Waals surface area contributed by atoms with Crippen LogP contribution in [0.5, 0.6) is 0 Å². The Morgan fingerprint density at radius 3 is 1.38 bits per heavy atom. The lowest BCUT2D eigenvalue weighted by Gasteiger charge is -2.24. The molecule has 0 aliphatic heterocycles. The summed E-state index contributed by atoms with van der Waals surface area (Å²) >= 11 is 5.76. The van der Waals surface area contributed by atoms with E-state index in [9.17, 15) is 27.6 Å². The number of carbonyl (C=O) groups is 3. The maximum Gasteiger partial charge on any atom is 0.405 e. The Balaban J connectivity index is 0.000000163. The Morgan fingerprint density at radius 1 is 0.588 bits per heavy atom. The van der Waals surface area contributed by atoms with E-state index >= 15 is 0 Å². The van der Waals surface area contributed by atoms with Gasteiger partial charge in [-0.2, -0.15) is 13.2 Å². The second kappa shape index (κ2) is 28.7. The first-order chi connectivity index (χ1) is 40.9. The molecule has 8 aromatic heterocycles. The van der Waals surface area contributed by atoms with Gasteiger partial charge >= 0.3 is 18.1 Å². The maximum atomic E-state index is 12.5. The van der Waals surface area contributed by atoms with Gasteiger partial charge in [0.05, 0.1) is 37.3 Å². The molecule has 1 amide bonds. The van der Waals surface area contributed by atoms with Crippen LogP contribution in [0.2, 0.25) is 22.5 Å². The third-order valence-corrected chi connectivity index (χ3v) is 14.2. The molecule has 0 saturated heterocycles. The van der Waals surface area contributed by atoms with E-state index in [-0.39, 0.29) is 48.9 Å². The van der Waals surface area contributed by atoms with Gasteiger partial charge in [-0.25, -0.2) is 64.4 Å². The minimum Gasteiger partial charge on any atom is -0.460 e. The van der Waals surface area contributed by atoms with Crippen molar-refractivity contribution in [3.63, 3.8) is 0 Å². The fourth-order valence-corrected chi connectivity index (χ4v) is 10.2. The van der Waals surface area contributed by atoms with Gasteiger partial charge in [0, 0.05) is 68.0 Å². The summed E-state index contributed by atoms with van der Waals surface area (Å²) in [5.74, 6) is 6.59. The highest BCUT2D eigenvalue weighted by Crippen LogP contribution is 2.39. The van der Waals surface area contributed by atoms with Crippen LogP contribution in [0.4, 0.5) is 24.8 Å². The fraction of sp³-hybridized carbons (Fsp3) is 0.571. The molecule has 4 aliphatic carbocycles. The minimum atomic E-state index is -4.50. The van der Waals surface area contributed by atoms with Gasteiger partial charge in [-0.05, 0) is 86.0 Å². The fourth-order valence-electron chi connectivity index (χ4n) is 10.0. The zero-order chi connectivity index (χ0) is 61.1. The Kier molecular flexibility index (Phi) is 21.5.